The zero-order chi connectivity index (χ0) is 16.6. The van der Waals surface area contributed by atoms with Gasteiger partial charge >= 0.3 is 5.97 Å². The third-order valence-electron chi connectivity index (χ3n) is 4.54. The lowest BCUT2D eigenvalue weighted by Crippen LogP contribution is -2.39. The molecular formula is C18H20N2O3. The Labute approximate surface area is 135 Å². The summed E-state index contributed by atoms with van der Waals surface area (Å²) in [5, 5.41) is 0. The van der Waals surface area contributed by atoms with Gasteiger partial charge in [0.15, 0.2) is 0 Å². The molecule has 5 heteroatoms. The van der Waals surface area contributed by atoms with Crippen molar-refractivity contribution in [3.05, 3.63) is 40.9 Å². The Kier molecular flexibility index (Phi) is 4.11. The fourth-order valence-electron chi connectivity index (χ4n) is 3.55. The second kappa shape index (κ2) is 6.07. The molecule has 0 radical (unpaired) electrons. The van der Waals surface area contributed by atoms with E-state index in [1.165, 1.54) is 7.11 Å². The lowest BCUT2D eigenvalue weighted by Gasteiger charge is -2.34. The van der Waals surface area contributed by atoms with Gasteiger partial charge in [-0.05, 0) is 38.8 Å². The molecule has 1 saturated carbocycles. The molecule has 1 fully saturated rings. The van der Waals surface area contributed by atoms with Gasteiger partial charge in [-0.3, -0.25) is 14.8 Å². The zero-order valence-electron chi connectivity index (χ0n) is 13.6. The Bertz CT molecular complexity index is 734. The molecule has 1 aromatic heterocycles. The minimum atomic E-state index is -0.433. The van der Waals surface area contributed by atoms with E-state index in [-0.39, 0.29) is 5.78 Å². The largest absolute Gasteiger partial charge is 0.466 e. The van der Waals surface area contributed by atoms with Crippen LogP contribution in [0.15, 0.2) is 34.5 Å². The third kappa shape index (κ3) is 2.71. The van der Waals surface area contributed by atoms with Crippen LogP contribution in [0.4, 0.5) is 0 Å². The van der Waals surface area contributed by atoms with E-state index in [2.05, 4.69) is 9.98 Å². The van der Waals surface area contributed by atoms with Crippen molar-refractivity contribution in [2.24, 2.45) is 10.9 Å². The summed E-state index contributed by atoms with van der Waals surface area (Å²) >= 11 is 0. The summed E-state index contributed by atoms with van der Waals surface area (Å²) in [4.78, 5) is 34.0. The molecule has 2 aliphatic rings. The molecule has 2 heterocycles. The quantitative estimate of drug-likeness (QED) is 0.787. The molecule has 5 nitrogen and oxygen atoms in total. The van der Waals surface area contributed by atoms with Crippen LogP contribution in [0.2, 0.25) is 0 Å². The molecule has 0 amide bonds. The predicted molar refractivity (Wildman–Crippen MR) is 86.2 cm³/mol. The summed E-state index contributed by atoms with van der Waals surface area (Å²) in [6.45, 7) is 3.70. The third-order valence-corrected chi connectivity index (χ3v) is 4.54. The number of ether oxygens (including phenoxy) is 1. The SMILES string of the molecule is COC(=O)C1=C(C)N=C2CCCC(=O)C2[C@@H]1c1cccc(C)n1. The lowest BCUT2D eigenvalue weighted by atomic mass is 9.70. The topological polar surface area (TPSA) is 68.6 Å². The van der Waals surface area contributed by atoms with Crippen molar-refractivity contribution in [2.45, 2.75) is 39.0 Å². The maximum absolute atomic E-state index is 12.6. The van der Waals surface area contributed by atoms with Crippen LogP contribution in [-0.2, 0) is 14.3 Å². The van der Waals surface area contributed by atoms with Crippen LogP contribution in [-0.4, -0.2) is 29.6 Å². The molecule has 0 N–H and O–H groups in total. The average molecular weight is 312 g/mol. The summed E-state index contributed by atoms with van der Waals surface area (Å²) in [6.07, 6.45) is 2.15. The molecule has 2 atom stereocenters. The second-order valence-electron chi connectivity index (χ2n) is 6.07. The number of allylic oxidation sites excluding steroid dienone is 1. The van der Waals surface area contributed by atoms with Crippen molar-refractivity contribution in [3.8, 4) is 0 Å². The lowest BCUT2D eigenvalue weighted by molar-refractivity contribution is -0.136. The normalized spacial score (nSPS) is 24.1. The molecule has 0 saturated heterocycles. The number of aryl methyl sites for hydroxylation is 1. The van der Waals surface area contributed by atoms with Crippen LogP contribution in [0.25, 0.3) is 0 Å². The van der Waals surface area contributed by atoms with Crippen molar-refractivity contribution in [1.29, 1.82) is 0 Å². The molecule has 1 aromatic rings. The number of aromatic nitrogens is 1. The number of hydrogen-bond acceptors (Lipinski definition) is 5. The van der Waals surface area contributed by atoms with Crippen molar-refractivity contribution in [2.75, 3.05) is 7.11 Å². The van der Waals surface area contributed by atoms with Gasteiger partial charge in [0.1, 0.15) is 5.78 Å². The number of rotatable bonds is 2. The van der Waals surface area contributed by atoms with E-state index in [1.54, 1.807) is 6.92 Å². The first-order valence-electron chi connectivity index (χ1n) is 7.85. The summed E-state index contributed by atoms with van der Waals surface area (Å²) in [5.41, 5.74) is 3.55. The van der Waals surface area contributed by atoms with E-state index in [0.29, 0.717) is 17.7 Å². The molecule has 1 aliphatic carbocycles. The summed E-state index contributed by atoms with van der Waals surface area (Å²) in [6, 6.07) is 5.68. The molecule has 23 heavy (non-hydrogen) atoms. The van der Waals surface area contributed by atoms with Gasteiger partial charge in [-0.2, -0.15) is 0 Å². The molecule has 3 rings (SSSR count). The van der Waals surface area contributed by atoms with Gasteiger partial charge in [0.25, 0.3) is 0 Å². The van der Waals surface area contributed by atoms with E-state index in [0.717, 1.165) is 29.9 Å². The fourth-order valence-corrected chi connectivity index (χ4v) is 3.55. The zero-order valence-corrected chi connectivity index (χ0v) is 13.6. The van der Waals surface area contributed by atoms with Gasteiger partial charge < -0.3 is 4.74 Å². The maximum Gasteiger partial charge on any atom is 0.336 e. The molecule has 0 spiro atoms. The van der Waals surface area contributed by atoms with E-state index in [4.69, 9.17) is 4.74 Å². The van der Waals surface area contributed by atoms with E-state index < -0.39 is 17.8 Å². The van der Waals surface area contributed by atoms with Gasteiger partial charge in [-0.15, -0.1) is 0 Å². The monoisotopic (exact) mass is 312 g/mol. The van der Waals surface area contributed by atoms with Crippen molar-refractivity contribution in [3.63, 3.8) is 0 Å². The fraction of sp³-hybridized carbons (Fsp3) is 0.444. The highest BCUT2D eigenvalue weighted by atomic mass is 16.5. The average Bonchev–Trinajstić information content (AvgIpc) is 2.53. The van der Waals surface area contributed by atoms with Crippen molar-refractivity contribution >= 4 is 17.5 Å². The van der Waals surface area contributed by atoms with Crippen LogP contribution >= 0.6 is 0 Å². The molecular weight excluding hydrogens is 292 g/mol. The van der Waals surface area contributed by atoms with Crippen molar-refractivity contribution in [1.82, 2.24) is 4.98 Å². The number of esters is 1. The first-order chi connectivity index (χ1) is 11.0. The van der Waals surface area contributed by atoms with Crippen molar-refractivity contribution < 1.29 is 14.3 Å². The van der Waals surface area contributed by atoms with E-state index in [1.807, 2.05) is 25.1 Å². The first-order valence-corrected chi connectivity index (χ1v) is 7.85. The van der Waals surface area contributed by atoms with E-state index >= 15 is 0 Å². The van der Waals surface area contributed by atoms with Crippen LogP contribution in [0.3, 0.4) is 0 Å². The smallest absolute Gasteiger partial charge is 0.336 e. The Morgan fingerprint density at radius 2 is 2.00 bits per heavy atom. The molecule has 0 aromatic carbocycles. The summed E-state index contributed by atoms with van der Waals surface area (Å²) < 4.78 is 4.95. The van der Waals surface area contributed by atoms with Gasteiger partial charge in [-0.1, -0.05) is 6.07 Å². The first kappa shape index (κ1) is 15.6. The second-order valence-corrected chi connectivity index (χ2v) is 6.07. The molecule has 120 valence electrons. The number of pyridine rings is 1. The van der Waals surface area contributed by atoms with E-state index in [9.17, 15) is 9.59 Å². The number of carbonyl (C=O) groups excluding carboxylic acids is 2. The Balaban J connectivity index is 2.19. The number of hydrogen-bond donors (Lipinski definition) is 0. The number of aliphatic imine (C=N–C) groups is 1. The number of methoxy groups -OCH3 is 1. The van der Waals surface area contributed by atoms with Gasteiger partial charge in [-0.25, -0.2) is 4.79 Å². The van der Waals surface area contributed by atoms with Crippen LogP contribution in [0.1, 0.15) is 43.5 Å². The highest BCUT2D eigenvalue weighted by Gasteiger charge is 2.44. The maximum atomic E-state index is 12.6. The highest BCUT2D eigenvalue weighted by Crippen LogP contribution is 2.42. The van der Waals surface area contributed by atoms with Gasteiger partial charge in [0.05, 0.1) is 24.5 Å². The minimum Gasteiger partial charge on any atom is -0.466 e. The number of fused-ring (bicyclic) bond motifs is 1. The van der Waals surface area contributed by atoms with Gasteiger partial charge in [0.2, 0.25) is 0 Å². The standard InChI is InChI=1S/C18H20N2O3/c1-10-6-4-7-13(19-10)17-15(18(22)23-3)11(2)20-12-8-5-9-14(21)16(12)17/h4,6-7,16-17H,5,8-9H2,1-3H3/t16?,17-/m1/s1. The number of Topliss-reactive ketones (excluding diaryl/α,β-unsaturated/α-hetero) is 1. The number of ketones is 1. The predicted octanol–water partition coefficient (Wildman–Crippen LogP) is 2.74. The number of nitrogens with zero attached hydrogens (tertiary/aromatic N) is 2. The molecule has 1 aliphatic heterocycles. The minimum absolute atomic E-state index is 0.136. The van der Waals surface area contributed by atoms with Crippen LogP contribution in [0.5, 0.6) is 0 Å². The molecule has 1 unspecified atom stereocenters. The highest BCUT2D eigenvalue weighted by molar-refractivity contribution is 6.11. The molecule has 0 bridgehead atoms. The Morgan fingerprint density at radius 1 is 1.22 bits per heavy atom. The van der Waals surface area contributed by atoms with Crippen LogP contribution < -0.4 is 0 Å². The summed E-state index contributed by atoms with van der Waals surface area (Å²) in [7, 11) is 1.35. The van der Waals surface area contributed by atoms with Gasteiger partial charge in [0, 0.05) is 29.2 Å². The van der Waals surface area contributed by atoms with Crippen LogP contribution in [0, 0.1) is 12.8 Å². The summed E-state index contributed by atoms with van der Waals surface area (Å²) in [5.74, 6) is -1.09. The number of carbonyl (C=O) groups is 2. The Hall–Kier alpha value is -2.30. The Morgan fingerprint density at radius 3 is 2.70 bits per heavy atom.